The molecule has 5 N–H and O–H groups in total. The molecule has 0 fully saturated rings. The average molecular weight is 282 g/mol. The van der Waals surface area contributed by atoms with Crippen molar-refractivity contribution in [3.63, 3.8) is 0 Å². The van der Waals surface area contributed by atoms with E-state index in [1.54, 1.807) is 0 Å². The molecule has 0 aliphatic carbocycles. The number of rotatable bonds is 5. The first-order valence-corrected chi connectivity index (χ1v) is 5.83. The summed E-state index contributed by atoms with van der Waals surface area (Å²) in [6, 6.07) is 1.49. The molecule has 0 saturated carbocycles. The van der Waals surface area contributed by atoms with Gasteiger partial charge in [0.15, 0.2) is 5.82 Å². The number of hydrogen-bond acceptors (Lipinski definition) is 6. The van der Waals surface area contributed by atoms with Crippen LogP contribution in [-0.2, 0) is 6.42 Å². The number of hydrazine groups is 1. The smallest absolute Gasteiger partial charge is 0.252 e. The summed E-state index contributed by atoms with van der Waals surface area (Å²) in [6.07, 6.45) is 3.37. The second-order valence-electron chi connectivity index (χ2n) is 3.64. The molecular weight excluding hydrogens is 270 g/mol. The number of H-pyrrole nitrogens is 1. The molecule has 0 aromatic carbocycles. The Kier molecular flexibility index (Phi) is 4.26. The Morgan fingerprint density at radius 3 is 2.95 bits per heavy atom. The van der Waals surface area contributed by atoms with Gasteiger partial charge in [-0.2, -0.15) is 5.10 Å². The third kappa shape index (κ3) is 3.39. The van der Waals surface area contributed by atoms with Crippen LogP contribution in [0.2, 0.25) is 5.02 Å². The Balaban J connectivity index is 1.91. The van der Waals surface area contributed by atoms with Gasteiger partial charge in [-0.05, 0) is 6.07 Å². The van der Waals surface area contributed by atoms with Crippen LogP contribution in [-0.4, -0.2) is 32.6 Å². The molecule has 0 spiro atoms. The number of nitrogen functional groups attached to an aromatic ring is 1. The largest absolute Gasteiger partial charge is 0.352 e. The first kappa shape index (κ1) is 13.2. The highest BCUT2D eigenvalue weighted by Gasteiger charge is 2.09. The summed E-state index contributed by atoms with van der Waals surface area (Å²) in [5, 5.41) is 9.43. The van der Waals surface area contributed by atoms with Crippen LogP contribution in [0.25, 0.3) is 0 Å². The van der Waals surface area contributed by atoms with Gasteiger partial charge in [0.2, 0.25) is 0 Å². The monoisotopic (exact) mass is 281 g/mol. The molecule has 2 heterocycles. The average Bonchev–Trinajstić information content (AvgIpc) is 2.91. The Hall–Kier alpha value is -2.19. The Bertz CT molecular complexity index is 557. The van der Waals surface area contributed by atoms with E-state index in [2.05, 4.69) is 30.9 Å². The van der Waals surface area contributed by atoms with Gasteiger partial charge >= 0.3 is 0 Å². The van der Waals surface area contributed by atoms with Crippen LogP contribution in [0.4, 0.5) is 5.82 Å². The number of aromatic nitrogens is 4. The summed E-state index contributed by atoms with van der Waals surface area (Å²) >= 11 is 5.88. The first-order chi connectivity index (χ1) is 9.20. The zero-order valence-corrected chi connectivity index (χ0v) is 10.6. The quantitative estimate of drug-likeness (QED) is 0.456. The summed E-state index contributed by atoms with van der Waals surface area (Å²) in [5.41, 5.74) is 2.69. The van der Waals surface area contributed by atoms with Crippen LogP contribution < -0.4 is 16.6 Å². The predicted molar refractivity (Wildman–Crippen MR) is 69.5 cm³/mol. The molecule has 2 aromatic heterocycles. The molecule has 0 atom stereocenters. The van der Waals surface area contributed by atoms with Crippen LogP contribution in [0.1, 0.15) is 16.2 Å². The van der Waals surface area contributed by atoms with Crippen molar-refractivity contribution in [3.05, 3.63) is 35.0 Å². The third-order valence-electron chi connectivity index (χ3n) is 2.35. The van der Waals surface area contributed by atoms with Crippen LogP contribution in [0.3, 0.4) is 0 Å². The topological polar surface area (TPSA) is 122 Å². The molecule has 100 valence electrons. The minimum atomic E-state index is -0.266. The molecule has 0 saturated heterocycles. The molecule has 2 rings (SSSR count). The molecular formula is C10H12ClN7O. The molecule has 1 amide bonds. The molecule has 2 aromatic rings. The number of hydrogen-bond donors (Lipinski definition) is 4. The van der Waals surface area contributed by atoms with Crippen molar-refractivity contribution in [2.45, 2.75) is 6.42 Å². The zero-order chi connectivity index (χ0) is 13.7. The van der Waals surface area contributed by atoms with E-state index in [1.807, 2.05) is 0 Å². The van der Waals surface area contributed by atoms with Gasteiger partial charge in [-0.3, -0.25) is 9.89 Å². The fraction of sp³-hybridized carbons (Fsp3) is 0.200. The molecule has 8 nitrogen and oxygen atoms in total. The fourth-order valence-electron chi connectivity index (χ4n) is 1.42. The Morgan fingerprint density at radius 2 is 2.32 bits per heavy atom. The van der Waals surface area contributed by atoms with Gasteiger partial charge in [0.1, 0.15) is 12.2 Å². The van der Waals surface area contributed by atoms with Gasteiger partial charge in [0.05, 0.1) is 10.6 Å². The van der Waals surface area contributed by atoms with Gasteiger partial charge < -0.3 is 10.7 Å². The summed E-state index contributed by atoms with van der Waals surface area (Å²) in [5.74, 6) is 5.96. The SMILES string of the molecule is NNc1ncc(C(=O)NCCc2ncn[nH]2)cc1Cl. The van der Waals surface area contributed by atoms with Crippen molar-refractivity contribution in [1.29, 1.82) is 0 Å². The van der Waals surface area contributed by atoms with Crippen molar-refractivity contribution in [2.24, 2.45) is 5.84 Å². The molecule has 9 heteroatoms. The summed E-state index contributed by atoms with van der Waals surface area (Å²) in [4.78, 5) is 19.7. The molecule has 0 aliphatic heterocycles. The van der Waals surface area contributed by atoms with E-state index in [1.165, 1.54) is 18.6 Å². The van der Waals surface area contributed by atoms with E-state index < -0.39 is 0 Å². The van der Waals surface area contributed by atoms with Crippen molar-refractivity contribution in [1.82, 2.24) is 25.5 Å². The number of aromatic amines is 1. The number of anilines is 1. The molecule has 0 aliphatic rings. The summed E-state index contributed by atoms with van der Waals surface area (Å²) < 4.78 is 0. The summed E-state index contributed by atoms with van der Waals surface area (Å²) in [7, 11) is 0. The van der Waals surface area contributed by atoms with Crippen molar-refractivity contribution >= 4 is 23.3 Å². The lowest BCUT2D eigenvalue weighted by Crippen LogP contribution is -2.26. The van der Waals surface area contributed by atoms with E-state index in [0.717, 1.165) is 0 Å². The lowest BCUT2D eigenvalue weighted by Gasteiger charge is -2.06. The number of carbonyl (C=O) groups is 1. The van der Waals surface area contributed by atoms with Gasteiger partial charge in [-0.25, -0.2) is 15.8 Å². The minimum Gasteiger partial charge on any atom is -0.352 e. The number of nitrogens with two attached hydrogens (primary N) is 1. The summed E-state index contributed by atoms with van der Waals surface area (Å²) in [6.45, 7) is 0.433. The molecule has 19 heavy (non-hydrogen) atoms. The molecule has 0 radical (unpaired) electrons. The van der Waals surface area contributed by atoms with Crippen molar-refractivity contribution < 1.29 is 4.79 Å². The maximum absolute atomic E-state index is 11.8. The van der Waals surface area contributed by atoms with Gasteiger partial charge in [0, 0.05) is 19.2 Å². The number of nitrogens with zero attached hydrogens (tertiary/aromatic N) is 3. The third-order valence-corrected chi connectivity index (χ3v) is 2.64. The van der Waals surface area contributed by atoms with Gasteiger partial charge in [0.25, 0.3) is 5.91 Å². The van der Waals surface area contributed by atoms with Crippen molar-refractivity contribution in [3.8, 4) is 0 Å². The lowest BCUT2D eigenvalue weighted by atomic mass is 10.2. The van der Waals surface area contributed by atoms with E-state index in [4.69, 9.17) is 17.4 Å². The maximum atomic E-state index is 11.8. The number of pyridine rings is 1. The second kappa shape index (κ2) is 6.12. The van der Waals surface area contributed by atoms with Crippen LogP contribution in [0.5, 0.6) is 0 Å². The van der Waals surface area contributed by atoms with E-state index in [-0.39, 0.29) is 10.9 Å². The lowest BCUT2D eigenvalue weighted by molar-refractivity contribution is 0.0953. The van der Waals surface area contributed by atoms with Gasteiger partial charge in [-0.1, -0.05) is 11.6 Å². The van der Waals surface area contributed by atoms with E-state index in [0.29, 0.717) is 30.2 Å². The number of halogens is 1. The highest BCUT2D eigenvalue weighted by Crippen LogP contribution is 2.18. The Labute approximate surface area is 113 Å². The first-order valence-electron chi connectivity index (χ1n) is 5.45. The van der Waals surface area contributed by atoms with E-state index in [9.17, 15) is 4.79 Å². The minimum absolute atomic E-state index is 0.266. The fourth-order valence-corrected chi connectivity index (χ4v) is 1.64. The molecule has 0 unspecified atom stereocenters. The highest BCUT2D eigenvalue weighted by atomic mass is 35.5. The van der Waals surface area contributed by atoms with Gasteiger partial charge in [-0.15, -0.1) is 0 Å². The zero-order valence-electron chi connectivity index (χ0n) is 9.85. The van der Waals surface area contributed by atoms with Crippen LogP contribution >= 0.6 is 11.6 Å². The number of amides is 1. The number of nitrogens with one attached hydrogen (secondary N) is 3. The standard InChI is InChI=1S/C10H12ClN7O/c11-7-3-6(4-14-9(7)17-12)10(19)13-2-1-8-15-5-16-18-8/h3-5H,1-2,12H2,(H,13,19)(H,14,17)(H,15,16,18). The maximum Gasteiger partial charge on any atom is 0.252 e. The highest BCUT2D eigenvalue weighted by molar-refractivity contribution is 6.33. The Morgan fingerprint density at radius 1 is 1.47 bits per heavy atom. The number of carbonyl (C=O) groups excluding carboxylic acids is 1. The van der Waals surface area contributed by atoms with Crippen LogP contribution in [0, 0.1) is 0 Å². The molecule has 0 bridgehead atoms. The van der Waals surface area contributed by atoms with Crippen molar-refractivity contribution in [2.75, 3.05) is 12.0 Å². The van der Waals surface area contributed by atoms with E-state index >= 15 is 0 Å². The predicted octanol–water partition coefficient (Wildman–Crippen LogP) is 0.111. The second-order valence-corrected chi connectivity index (χ2v) is 4.04. The normalized spacial score (nSPS) is 10.2. The van der Waals surface area contributed by atoms with Crippen LogP contribution in [0.15, 0.2) is 18.6 Å².